The van der Waals surface area contributed by atoms with E-state index >= 15 is 0 Å². The molecule has 2 nitrogen and oxygen atoms in total. The summed E-state index contributed by atoms with van der Waals surface area (Å²) in [5.41, 5.74) is -0.316. The lowest BCUT2D eigenvalue weighted by Gasteiger charge is -2.18. The second kappa shape index (κ2) is 3.83. The summed E-state index contributed by atoms with van der Waals surface area (Å²) in [6, 6.07) is 0. The molecule has 0 saturated carbocycles. The highest BCUT2D eigenvalue weighted by molar-refractivity contribution is 5.89. The average molecular weight is 170 g/mol. The monoisotopic (exact) mass is 170 g/mol. The van der Waals surface area contributed by atoms with E-state index in [1.54, 1.807) is 6.92 Å². The SMILES string of the molecule is CC(=O)C(C)CC(=O)C(C)(C)C. The highest BCUT2D eigenvalue weighted by Gasteiger charge is 2.24. The predicted molar refractivity (Wildman–Crippen MR) is 48.9 cm³/mol. The van der Waals surface area contributed by atoms with Crippen LogP contribution in [-0.4, -0.2) is 11.6 Å². The van der Waals surface area contributed by atoms with Crippen LogP contribution in [0, 0.1) is 11.3 Å². The summed E-state index contributed by atoms with van der Waals surface area (Å²) < 4.78 is 0. The van der Waals surface area contributed by atoms with Crippen molar-refractivity contribution >= 4 is 11.6 Å². The molecule has 0 heterocycles. The summed E-state index contributed by atoms with van der Waals surface area (Å²) in [5.74, 6) is 0.120. The van der Waals surface area contributed by atoms with Crippen LogP contribution in [0.3, 0.4) is 0 Å². The van der Waals surface area contributed by atoms with Gasteiger partial charge in [-0.05, 0) is 6.92 Å². The molecule has 0 aromatic rings. The van der Waals surface area contributed by atoms with Gasteiger partial charge in [0.15, 0.2) is 0 Å². The number of hydrogen-bond donors (Lipinski definition) is 0. The molecule has 0 aromatic heterocycles. The van der Waals surface area contributed by atoms with Crippen LogP contribution in [0.15, 0.2) is 0 Å². The number of carbonyl (C=O) groups excluding carboxylic acids is 2. The fraction of sp³-hybridized carbons (Fsp3) is 0.800. The van der Waals surface area contributed by atoms with Gasteiger partial charge < -0.3 is 0 Å². The molecule has 1 unspecified atom stereocenters. The summed E-state index contributed by atoms with van der Waals surface area (Å²) in [5, 5.41) is 0. The van der Waals surface area contributed by atoms with Crippen LogP contribution in [0.25, 0.3) is 0 Å². The summed E-state index contributed by atoms with van der Waals surface area (Å²) in [6.07, 6.45) is 0.374. The Morgan fingerprint density at radius 2 is 1.67 bits per heavy atom. The van der Waals surface area contributed by atoms with Gasteiger partial charge in [0.1, 0.15) is 11.6 Å². The highest BCUT2D eigenvalue weighted by Crippen LogP contribution is 2.19. The predicted octanol–water partition coefficient (Wildman–Crippen LogP) is 2.22. The van der Waals surface area contributed by atoms with Crippen LogP contribution in [0.1, 0.15) is 41.0 Å². The summed E-state index contributed by atoms with van der Waals surface area (Å²) in [6.45, 7) is 8.96. The second-order valence-corrected chi connectivity index (χ2v) is 4.39. The van der Waals surface area contributed by atoms with Crippen molar-refractivity contribution in [2.45, 2.75) is 41.0 Å². The minimum atomic E-state index is -0.316. The van der Waals surface area contributed by atoms with E-state index in [4.69, 9.17) is 0 Å². The normalized spacial score (nSPS) is 14.1. The number of Topliss-reactive ketones (excluding diaryl/α,β-unsaturated/α-hetero) is 2. The van der Waals surface area contributed by atoms with Crippen LogP contribution in [-0.2, 0) is 9.59 Å². The zero-order valence-electron chi connectivity index (χ0n) is 8.60. The Morgan fingerprint density at radius 1 is 1.25 bits per heavy atom. The van der Waals surface area contributed by atoms with Gasteiger partial charge in [-0.25, -0.2) is 0 Å². The third kappa shape index (κ3) is 3.65. The lowest BCUT2D eigenvalue weighted by molar-refractivity contribution is -0.130. The van der Waals surface area contributed by atoms with Gasteiger partial charge in [-0.15, -0.1) is 0 Å². The molecule has 0 saturated heterocycles. The third-order valence-electron chi connectivity index (χ3n) is 2.02. The van der Waals surface area contributed by atoms with E-state index in [0.29, 0.717) is 6.42 Å². The highest BCUT2D eigenvalue weighted by atomic mass is 16.1. The van der Waals surface area contributed by atoms with E-state index in [-0.39, 0.29) is 22.9 Å². The van der Waals surface area contributed by atoms with Crippen molar-refractivity contribution in [3.05, 3.63) is 0 Å². The van der Waals surface area contributed by atoms with E-state index in [2.05, 4.69) is 0 Å². The molecule has 70 valence electrons. The van der Waals surface area contributed by atoms with E-state index in [1.165, 1.54) is 6.92 Å². The summed E-state index contributed by atoms with van der Waals surface area (Å²) in [7, 11) is 0. The minimum Gasteiger partial charge on any atom is -0.300 e. The molecule has 0 aliphatic rings. The van der Waals surface area contributed by atoms with Gasteiger partial charge in [0.2, 0.25) is 0 Å². The molecule has 0 bridgehead atoms. The van der Waals surface area contributed by atoms with Crippen LogP contribution in [0.4, 0.5) is 0 Å². The molecule has 0 aromatic carbocycles. The van der Waals surface area contributed by atoms with Crippen LogP contribution >= 0.6 is 0 Å². The lowest BCUT2D eigenvalue weighted by atomic mass is 9.85. The van der Waals surface area contributed by atoms with Gasteiger partial charge in [-0.2, -0.15) is 0 Å². The Bertz CT molecular complexity index is 187. The fourth-order valence-corrected chi connectivity index (χ4v) is 0.728. The maximum Gasteiger partial charge on any atom is 0.138 e. The molecular formula is C10H18O2. The molecule has 2 heteroatoms. The molecule has 0 N–H and O–H groups in total. The van der Waals surface area contributed by atoms with Crippen molar-refractivity contribution < 1.29 is 9.59 Å². The number of rotatable bonds is 3. The number of ketones is 2. The Labute approximate surface area is 74.3 Å². The van der Waals surface area contributed by atoms with Gasteiger partial charge in [0.25, 0.3) is 0 Å². The van der Waals surface area contributed by atoms with Crippen molar-refractivity contribution in [1.82, 2.24) is 0 Å². The molecule has 0 radical (unpaired) electrons. The van der Waals surface area contributed by atoms with Crippen LogP contribution in [0.5, 0.6) is 0 Å². The van der Waals surface area contributed by atoms with E-state index in [0.717, 1.165) is 0 Å². The van der Waals surface area contributed by atoms with Crippen molar-refractivity contribution in [2.24, 2.45) is 11.3 Å². The van der Waals surface area contributed by atoms with Crippen molar-refractivity contribution in [2.75, 3.05) is 0 Å². The maximum absolute atomic E-state index is 11.4. The summed E-state index contributed by atoms with van der Waals surface area (Å²) in [4.78, 5) is 22.3. The first-order valence-electron chi connectivity index (χ1n) is 4.29. The standard InChI is InChI=1S/C10H18O2/c1-7(8(2)11)6-9(12)10(3,4)5/h7H,6H2,1-5H3. The van der Waals surface area contributed by atoms with E-state index in [9.17, 15) is 9.59 Å². The molecule has 0 fully saturated rings. The van der Waals surface area contributed by atoms with Gasteiger partial charge in [-0.1, -0.05) is 27.7 Å². The first-order valence-corrected chi connectivity index (χ1v) is 4.29. The lowest BCUT2D eigenvalue weighted by Crippen LogP contribution is -2.24. The van der Waals surface area contributed by atoms with Crippen LogP contribution in [0.2, 0.25) is 0 Å². The molecule has 12 heavy (non-hydrogen) atoms. The fourth-order valence-electron chi connectivity index (χ4n) is 0.728. The second-order valence-electron chi connectivity index (χ2n) is 4.39. The molecule has 0 amide bonds. The molecule has 0 rings (SSSR count). The van der Waals surface area contributed by atoms with Gasteiger partial charge in [0, 0.05) is 17.8 Å². The molecule has 0 spiro atoms. The minimum absolute atomic E-state index is 0.0904. The Hall–Kier alpha value is -0.660. The van der Waals surface area contributed by atoms with Gasteiger partial charge >= 0.3 is 0 Å². The quantitative estimate of drug-likeness (QED) is 0.650. The largest absolute Gasteiger partial charge is 0.300 e. The molecule has 0 aliphatic carbocycles. The molecular weight excluding hydrogens is 152 g/mol. The Morgan fingerprint density at radius 3 is 1.92 bits per heavy atom. The topological polar surface area (TPSA) is 34.1 Å². The van der Waals surface area contributed by atoms with Crippen molar-refractivity contribution in [3.8, 4) is 0 Å². The van der Waals surface area contributed by atoms with Crippen molar-refractivity contribution in [3.63, 3.8) is 0 Å². The third-order valence-corrected chi connectivity index (χ3v) is 2.02. The number of hydrogen-bond acceptors (Lipinski definition) is 2. The van der Waals surface area contributed by atoms with Crippen molar-refractivity contribution in [1.29, 1.82) is 0 Å². The van der Waals surface area contributed by atoms with Crippen LogP contribution < -0.4 is 0 Å². The Kier molecular flexibility index (Phi) is 3.62. The Balaban J connectivity index is 4.11. The van der Waals surface area contributed by atoms with E-state index < -0.39 is 0 Å². The first-order chi connectivity index (χ1) is 5.25. The van der Waals surface area contributed by atoms with E-state index in [1.807, 2.05) is 20.8 Å². The molecule has 0 aliphatic heterocycles. The molecule has 1 atom stereocenters. The number of carbonyl (C=O) groups is 2. The summed E-state index contributed by atoms with van der Waals surface area (Å²) >= 11 is 0. The average Bonchev–Trinajstić information content (AvgIpc) is 1.85. The zero-order valence-corrected chi connectivity index (χ0v) is 8.60. The maximum atomic E-state index is 11.4. The zero-order chi connectivity index (χ0) is 9.94. The van der Waals surface area contributed by atoms with Gasteiger partial charge in [-0.3, -0.25) is 9.59 Å². The smallest absolute Gasteiger partial charge is 0.138 e. The first kappa shape index (κ1) is 11.3. The van der Waals surface area contributed by atoms with Gasteiger partial charge in [0.05, 0.1) is 0 Å².